The molecule has 1 N–H and O–H groups in total. The molecule has 0 aliphatic heterocycles. The second-order valence-electron chi connectivity index (χ2n) is 4.44. The molecule has 3 nitrogen and oxygen atoms in total. The minimum atomic E-state index is -0.193. The summed E-state index contributed by atoms with van der Waals surface area (Å²) in [6.45, 7) is 1.95. The molecule has 2 heterocycles. The molecule has 0 atom stereocenters. The number of rotatable bonds is 3. The summed E-state index contributed by atoms with van der Waals surface area (Å²) in [7, 11) is 0. The summed E-state index contributed by atoms with van der Waals surface area (Å²) in [6, 6.07) is 9.48. The fourth-order valence-electron chi connectivity index (χ4n) is 1.80. The molecule has 0 bridgehead atoms. The summed E-state index contributed by atoms with van der Waals surface area (Å²) in [4.78, 5) is 18.2. The molecule has 6 heteroatoms. The molecule has 0 spiro atoms. The summed E-state index contributed by atoms with van der Waals surface area (Å²) < 4.78 is 0. The van der Waals surface area contributed by atoms with E-state index in [2.05, 4.69) is 10.3 Å². The fourth-order valence-corrected chi connectivity index (χ4v) is 3.70. The SMILES string of the molecule is Cc1ccc(NC(=O)c2cnc(-c3cccs3)s2)c(Cl)c1. The van der Waals surface area contributed by atoms with E-state index >= 15 is 0 Å². The number of benzene rings is 1. The first-order chi connectivity index (χ1) is 10.1. The van der Waals surface area contributed by atoms with E-state index in [1.807, 2.05) is 36.6 Å². The number of hydrogen-bond donors (Lipinski definition) is 1. The van der Waals surface area contributed by atoms with Gasteiger partial charge in [0.1, 0.15) is 9.88 Å². The van der Waals surface area contributed by atoms with E-state index in [4.69, 9.17) is 11.6 Å². The first kappa shape index (κ1) is 14.3. The molecule has 0 aliphatic rings. The number of aromatic nitrogens is 1. The Kier molecular flexibility index (Phi) is 4.05. The highest BCUT2D eigenvalue weighted by Crippen LogP contribution is 2.30. The normalized spacial score (nSPS) is 10.6. The van der Waals surface area contributed by atoms with Crippen LogP contribution in [0.3, 0.4) is 0 Å². The molecule has 1 aromatic carbocycles. The number of thiophene rings is 1. The highest BCUT2D eigenvalue weighted by Gasteiger charge is 2.13. The molecule has 3 rings (SSSR count). The van der Waals surface area contributed by atoms with Crippen LogP contribution in [0.25, 0.3) is 9.88 Å². The number of amides is 1. The Bertz CT molecular complexity index is 781. The van der Waals surface area contributed by atoms with Crippen molar-refractivity contribution in [3.63, 3.8) is 0 Å². The highest BCUT2D eigenvalue weighted by atomic mass is 35.5. The fraction of sp³-hybridized carbons (Fsp3) is 0.0667. The van der Waals surface area contributed by atoms with Crippen LogP contribution < -0.4 is 5.32 Å². The summed E-state index contributed by atoms with van der Waals surface area (Å²) in [6.07, 6.45) is 1.59. The van der Waals surface area contributed by atoms with Crippen LogP contribution in [-0.4, -0.2) is 10.9 Å². The third-order valence-corrected chi connectivity index (χ3v) is 5.18. The number of carbonyl (C=O) groups excluding carboxylic acids is 1. The number of thiazole rings is 1. The van der Waals surface area contributed by atoms with Crippen molar-refractivity contribution in [1.29, 1.82) is 0 Å². The molecule has 0 unspecified atom stereocenters. The maximum atomic E-state index is 12.2. The van der Waals surface area contributed by atoms with Gasteiger partial charge in [0.2, 0.25) is 0 Å². The molecule has 0 aliphatic carbocycles. The Labute approximate surface area is 135 Å². The molecule has 0 saturated heterocycles. The van der Waals surface area contributed by atoms with E-state index in [0.717, 1.165) is 15.4 Å². The van der Waals surface area contributed by atoms with Gasteiger partial charge >= 0.3 is 0 Å². The lowest BCUT2D eigenvalue weighted by molar-refractivity contribution is 0.103. The van der Waals surface area contributed by atoms with Crippen LogP contribution in [0.2, 0.25) is 5.02 Å². The Balaban J connectivity index is 1.79. The average Bonchev–Trinajstić information content (AvgIpc) is 3.10. The maximum absolute atomic E-state index is 12.2. The van der Waals surface area contributed by atoms with Crippen LogP contribution in [0.5, 0.6) is 0 Å². The summed E-state index contributed by atoms with van der Waals surface area (Å²) in [5.41, 5.74) is 1.66. The molecule has 3 aromatic rings. The minimum Gasteiger partial charge on any atom is -0.320 e. The monoisotopic (exact) mass is 334 g/mol. The maximum Gasteiger partial charge on any atom is 0.267 e. The van der Waals surface area contributed by atoms with E-state index < -0.39 is 0 Å². The quantitative estimate of drug-likeness (QED) is 0.725. The number of nitrogens with zero attached hydrogens (tertiary/aromatic N) is 1. The number of carbonyl (C=O) groups is 1. The zero-order chi connectivity index (χ0) is 14.8. The molecule has 1 amide bonds. The number of aryl methyl sites for hydroxylation is 1. The lowest BCUT2D eigenvalue weighted by atomic mass is 10.2. The van der Waals surface area contributed by atoms with Crippen LogP contribution >= 0.6 is 34.3 Å². The van der Waals surface area contributed by atoms with Crippen LogP contribution in [0.1, 0.15) is 15.2 Å². The van der Waals surface area contributed by atoms with Crippen molar-refractivity contribution in [2.75, 3.05) is 5.32 Å². The van der Waals surface area contributed by atoms with Gasteiger partial charge in [-0.05, 0) is 36.1 Å². The van der Waals surface area contributed by atoms with E-state index in [1.54, 1.807) is 23.6 Å². The van der Waals surface area contributed by atoms with Crippen molar-refractivity contribution < 1.29 is 4.79 Å². The smallest absolute Gasteiger partial charge is 0.267 e. The van der Waals surface area contributed by atoms with Gasteiger partial charge < -0.3 is 5.32 Å². The number of nitrogens with one attached hydrogen (secondary N) is 1. The van der Waals surface area contributed by atoms with Gasteiger partial charge in [0.05, 0.1) is 21.8 Å². The number of hydrogen-bond acceptors (Lipinski definition) is 4. The van der Waals surface area contributed by atoms with Gasteiger partial charge in [0, 0.05) is 0 Å². The Hall–Kier alpha value is -1.69. The van der Waals surface area contributed by atoms with Gasteiger partial charge in [0.25, 0.3) is 5.91 Å². The molecule has 0 fully saturated rings. The van der Waals surface area contributed by atoms with E-state index in [0.29, 0.717) is 15.6 Å². The molecule has 0 radical (unpaired) electrons. The van der Waals surface area contributed by atoms with Crippen LogP contribution in [0.15, 0.2) is 41.9 Å². The van der Waals surface area contributed by atoms with Gasteiger partial charge in [-0.25, -0.2) is 4.98 Å². The summed E-state index contributed by atoms with van der Waals surface area (Å²) >= 11 is 9.10. The van der Waals surface area contributed by atoms with Crippen LogP contribution in [0.4, 0.5) is 5.69 Å². The van der Waals surface area contributed by atoms with Gasteiger partial charge in [-0.1, -0.05) is 23.7 Å². The second-order valence-corrected chi connectivity index (χ2v) is 6.83. The number of halogens is 1. The second kappa shape index (κ2) is 5.97. The Morgan fingerprint density at radius 3 is 2.90 bits per heavy atom. The van der Waals surface area contributed by atoms with Crippen molar-refractivity contribution in [3.8, 4) is 9.88 Å². The molecule has 21 heavy (non-hydrogen) atoms. The third kappa shape index (κ3) is 3.15. The first-order valence-electron chi connectivity index (χ1n) is 6.21. The zero-order valence-corrected chi connectivity index (χ0v) is 13.5. The molecular weight excluding hydrogens is 324 g/mol. The Morgan fingerprint density at radius 2 is 2.19 bits per heavy atom. The van der Waals surface area contributed by atoms with Crippen molar-refractivity contribution >= 4 is 45.9 Å². The van der Waals surface area contributed by atoms with Crippen molar-refractivity contribution in [1.82, 2.24) is 4.98 Å². The van der Waals surface area contributed by atoms with E-state index in [1.165, 1.54) is 11.3 Å². The lowest BCUT2D eigenvalue weighted by Crippen LogP contribution is -2.10. The van der Waals surface area contributed by atoms with Gasteiger partial charge in [-0.3, -0.25) is 4.79 Å². The topological polar surface area (TPSA) is 42.0 Å². The predicted molar refractivity (Wildman–Crippen MR) is 89.6 cm³/mol. The zero-order valence-electron chi connectivity index (χ0n) is 11.1. The van der Waals surface area contributed by atoms with Crippen molar-refractivity contribution in [2.24, 2.45) is 0 Å². The van der Waals surface area contributed by atoms with E-state index in [-0.39, 0.29) is 5.91 Å². The predicted octanol–water partition coefficient (Wildman–Crippen LogP) is 5.09. The van der Waals surface area contributed by atoms with Gasteiger partial charge in [-0.2, -0.15) is 0 Å². The Morgan fingerprint density at radius 1 is 1.33 bits per heavy atom. The molecule has 0 saturated carbocycles. The largest absolute Gasteiger partial charge is 0.320 e. The summed E-state index contributed by atoms with van der Waals surface area (Å²) in [5, 5.41) is 6.19. The minimum absolute atomic E-state index is 0.193. The highest BCUT2D eigenvalue weighted by molar-refractivity contribution is 7.22. The standard InChI is InChI=1S/C15H11ClN2OS2/c1-9-4-5-11(10(16)7-9)18-14(19)13-8-17-15(21-13)12-3-2-6-20-12/h2-8H,1H3,(H,18,19). The van der Waals surface area contributed by atoms with Gasteiger partial charge in [0.15, 0.2) is 0 Å². The van der Waals surface area contributed by atoms with Crippen molar-refractivity contribution in [2.45, 2.75) is 6.92 Å². The van der Waals surface area contributed by atoms with Crippen LogP contribution in [-0.2, 0) is 0 Å². The number of anilines is 1. The van der Waals surface area contributed by atoms with E-state index in [9.17, 15) is 4.79 Å². The molecular formula is C15H11ClN2OS2. The molecule has 106 valence electrons. The van der Waals surface area contributed by atoms with Gasteiger partial charge in [-0.15, -0.1) is 22.7 Å². The molecule has 2 aromatic heterocycles. The average molecular weight is 335 g/mol. The first-order valence-corrected chi connectivity index (χ1v) is 8.28. The summed E-state index contributed by atoms with van der Waals surface area (Å²) in [5.74, 6) is -0.193. The van der Waals surface area contributed by atoms with Crippen molar-refractivity contribution in [3.05, 3.63) is 57.4 Å². The lowest BCUT2D eigenvalue weighted by Gasteiger charge is -2.06. The third-order valence-electron chi connectivity index (χ3n) is 2.83. The van der Waals surface area contributed by atoms with Crippen LogP contribution in [0, 0.1) is 6.92 Å².